The molecule has 0 bridgehead atoms. The molecule has 2 amide bonds. The maximum absolute atomic E-state index is 12.8. The fourth-order valence-corrected chi connectivity index (χ4v) is 5.15. The maximum atomic E-state index is 12.8. The Balaban J connectivity index is 1.92. The van der Waals surface area contributed by atoms with E-state index in [0.29, 0.717) is 32.5 Å². The number of nitrogens with one attached hydrogen (secondary N) is 1. The topological polar surface area (TPSA) is 113 Å². The molecule has 0 aliphatic carbocycles. The normalized spacial score (nSPS) is 16.7. The highest BCUT2D eigenvalue weighted by atomic mass is 32.2. The second-order valence-electron chi connectivity index (χ2n) is 8.69. The number of piperidine rings is 1. The molecule has 1 aromatic rings. The smallest absolute Gasteiger partial charge is 0.248 e. The van der Waals surface area contributed by atoms with Gasteiger partial charge in [0.05, 0.1) is 4.90 Å². The summed E-state index contributed by atoms with van der Waals surface area (Å²) in [5.41, 5.74) is 5.41. The zero-order valence-corrected chi connectivity index (χ0v) is 18.5. The van der Waals surface area contributed by atoms with E-state index >= 15 is 0 Å². The van der Waals surface area contributed by atoms with Crippen LogP contribution in [0.2, 0.25) is 0 Å². The van der Waals surface area contributed by atoms with Gasteiger partial charge in [0.25, 0.3) is 0 Å². The standard InChI is InChI=1S/C20H32N4O4S/c1-20(2,14-23(3)4)13-22-19(26)16-9-11-24(12-10-16)29(27,28)17-7-5-15(6-8-17)18(21)25/h5-8,16H,9-14H2,1-4H3,(H2,21,25)(H,22,26). The van der Waals surface area contributed by atoms with Gasteiger partial charge in [0.1, 0.15) is 0 Å². The van der Waals surface area contributed by atoms with Crippen LogP contribution in [0.25, 0.3) is 0 Å². The second kappa shape index (κ2) is 9.23. The van der Waals surface area contributed by atoms with Gasteiger partial charge >= 0.3 is 0 Å². The number of benzene rings is 1. The van der Waals surface area contributed by atoms with Gasteiger partial charge in [-0.3, -0.25) is 9.59 Å². The number of sulfonamides is 1. The monoisotopic (exact) mass is 424 g/mol. The summed E-state index contributed by atoms with van der Waals surface area (Å²) in [4.78, 5) is 25.9. The summed E-state index contributed by atoms with van der Waals surface area (Å²) < 4.78 is 27.0. The Morgan fingerprint density at radius 2 is 1.72 bits per heavy atom. The van der Waals surface area contributed by atoms with Crippen molar-refractivity contribution < 1.29 is 18.0 Å². The van der Waals surface area contributed by atoms with Crippen LogP contribution in [-0.2, 0) is 14.8 Å². The second-order valence-corrected chi connectivity index (χ2v) is 10.6. The zero-order valence-electron chi connectivity index (χ0n) is 17.6. The molecule has 1 aliphatic rings. The van der Waals surface area contributed by atoms with Crippen LogP contribution in [0.15, 0.2) is 29.2 Å². The lowest BCUT2D eigenvalue weighted by atomic mass is 9.91. The Hall–Kier alpha value is -1.97. The van der Waals surface area contributed by atoms with Gasteiger partial charge in [-0.15, -0.1) is 0 Å². The van der Waals surface area contributed by atoms with Crippen LogP contribution in [0, 0.1) is 11.3 Å². The van der Waals surface area contributed by atoms with Crippen molar-refractivity contribution in [3.05, 3.63) is 29.8 Å². The average Bonchev–Trinajstić information content (AvgIpc) is 2.65. The van der Waals surface area contributed by atoms with E-state index in [1.54, 1.807) is 0 Å². The molecule has 3 N–H and O–H groups in total. The summed E-state index contributed by atoms with van der Waals surface area (Å²) in [6, 6.07) is 5.60. The van der Waals surface area contributed by atoms with Gasteiger partial charge in [0, 0.05) is 37.7 Å². The van der Waals surface area contributed by atoms with Gasteiger partial charge in [0.2, 0.25) is 21.8 Å². The Labute approximate surface area is 173 Å². The van der Waals surface area contributed by atoms with Crippen LogP contribution in [0.4, 0.5) is 0 Å². The van der Waals surface area contributed by atoms with Crippen molar-refractivity contribution in [3.63, 3.8) is 0 Å². The number of primary amides is 1. The lowest BCUT2D eigenvalue weighted by Gasteiger charge is -2.32. The van der Waals surface area contributed by atoms with Crippen molar-refractivity contribution in [2.75, 3.05) is 40.3 Å². The predicted octanol–water partition coefficient (Wildman–Crippen LogP) is 0.890. The first kappa shape index (κ1) is 23.3. The Kier molecular flexibility index (Phi) is 7.42. The molecule has 0 spiro atoms. The number of nitrogens with two attached hydrogens (primary N) is 1. The quantitative estimate of drug-likeness (QED) is 0.644. The number of hydrogen-bond donors (Lipinski definition) is 2. The van der Waals surface area contributed by atoms with Crippen LogP contribution in [-0.4, -0.2) is 69.7 Å². The van der Waals surface area contributed by atoms with Crippen LogP contribution in [0.1, 0.15) is 37.0 Å². The van der Waals surface area contributed by atoms with E-state index in [4.69, 9.17) is 5.73 Å². The highest BCUT2D eigenvalue weighted by Crippen LogP contribution is 2.24. The minimum Gasteiger partial charge on any atom is -0.366 e. The highest BCUT2D eigenvalue weighted by Gasteiger charge is 2.32. The maximum Gasteiger partial charge on any atom is 0.248 e. The van der Waals surface area contributed by atoms with Crippen molar-refractivity contribution in [3.8, 4) is 0 Å². The van der Waals surface area contributed by atoms with Crippen molar-refractivity contribution >= 4 is 21.8 Å². The van der Waals surface area contributed by atoms with E-state index in [1.807, 2.05) is 14.1 Å². The van der Waals surface area contributed by atoms with Gasteiger partial charge < -0.3 is 16.0 Å². The van der Waals surface area contributed by atoms with E-state index in [0.717, 1.165) is 6.54 Å². The molecule has 1 aliphatic heterocycles. The van der Waals surface area contributed by atoms with E-state index in [2.05, 4.69) is 24.1 Å². The molecular weight excluding hydrogens is 392 g/mol. The third-order valence-electron chi connectivity index (χ3n) is 5.09. The molecule has 1 saturated heterocycles. The SMILES string of the molecule is CN(C)CC(C)(C)CNC(=O)C1CCN(S(=O)(=O)c2ccc(C(N)=O)cc2)CC1. The minimum absolute atomic E-state index is 0.0142. The highest BCUT2D eigenvalue weighted by molar-refractivity contribution is 7.89. The van der Waals surface area contributed by atoms with Gasteiger partial charge in [-0.25, -0.2) is 8.42 Å². The molecule has 29 heavy (non-hydrogen) atoms. The van der Waals surface area contributed by atoms with Crippen LogP contribution < -0.4 is 11.1 Å². The zero-order chi connectivity index (χ0) is 21.8. The van der Waals surface area contributed by atoms with Crippen molar-refractivity contribution in [1.29, 1.82) is 0 Å². The third kappa shape index (κ3) is 6.25. The van der Waals surface area contributed by atoms with E-state index < -0.39 is 15.9 Å². The molecule has 0 radical (unpaired) electrons. The third-order valence-corrected chi connectivity index (χ3v) is 7.00. The summed E-state index contributed by atoms with van der Waals surface area (Å²) in [6.07, 6.45) is 0.969. The lowest BCUT2D eigenvalue weighted by molar-refractivity contribution is -0.126. The molecule has 0 unspecified atom stereocenters. The molecule has 0 atom stereocenters. The van der Waals surface area contributed by atoms with Crippen LogP contribution >= 0.6 is 0 Å². The first-order valence-electron chi connectivity index (χ1n) is 9.75. The number of amides is 2. The average molecular weight is 425 g/mol. The number of hydrogen-bond acceptors (Lipinski definition) is 5. The van der Waals surface area contributed by atoms with Gasteiger partial charge in [0.15, 0.2) is 0 Å². The largest absolute Gasteiger partial charge is 0.366 e. The summed E-state index contributed by atoms with van der Waals surface area (Å²) >= 11 is 0. The Bertz CT molecular complexity index is 827. The first-order valence-corrected chi connectivity index (χ1v) is 11.2. The fourth-order valence-electron chi connectivity index (χ4n) is 3.68. The summed E-state index contributed by atoms with van der Waals surface area (Å²) in [6.45, 7) is 6.23. The van der Waals surface area contributed by atoms with E-state index in [-0.39, 0.29) is 27.7 Å². The number of carbonyl (C=O) groups is 2. The first-order chi connectivity index (χ1) is 13.4. The van der Waals surface area contributed by atoms with Crippen LogP contribution in [0.5, 0.6) is 0 Å². The number of nitrogens with zero attached hydrogens (tertiary/aromatic N) is 2. The molecule has 0 saturated carbocycles. The molecule has 1 fully saturated rings. The molecule has 0 aromatic heterocycles. The molecule has 2 rings (SSSR count). The molecule has 1 aromatic carbocycles. The lowest BCUT2D eigenvalue weighted by Crippen LogP contribution is -2.45. The van der Waals surface area contributed by atoms with E-state index in [9.17, 15) is 18.0 Å². The van der Waals surface area contributed by atoms with E-state index in [1.165, 1.54) is 28.6 Å². The Morgan fingerprint density at radius 3 is 2.21 bits per heavy atom. The molecule has 8 nitrogen and oxygen atoms in total. The Morgan fingerprint density at radius 1 is 1.17 bits per heavy atom. The molecule has 162 valence electrons. The molecular formula is C20H32N4O4S. The molecule has 9 heteroatoms. The van der Waals surface area contributed by atoms with Gasteiger partial charge in [-0.2, -0.15) is 4.31 Å². The van der Waals surface area contributed by atoms with Crippen LogP contribution in [0.3, 0.4) is 0 Å². The van der Waals surface area contributed by atoms with Crippen molar-refractivity contribution in [1.82, 2.24) is 14.5 Å². The summed E-state index contributed by atoms with van der Waals surface area (Å²) in [7, 11) is 0.344. The van der Waals surface area contributed by atoms with Gasteiger partial charge in [-0.05, 0) is 56.6 Å². The molecule has 1 heterocycles. The number of carbonyl (C=O) groups excluding carboxylic acids is 2. The predicted molar refractivity (Wildman–Crippen MR) is 112 cm³/mol. The van der Waals surface area contributed by atoms with Gasteiger partial charge in [-0.1, -0.05) is 13.8 Å². The summed E-state index contributed by atoms with van der Waals surface area (Å²) in [5, 5.41) is 3.02. The summed E-state index contributed by atoms with van der Waals surface area (Å²) in [5.74, 6) is -0.803. The fraction of sp³-hybridized carbons (Fsp3) is 0.600. The minimum atomic E-state index is -3.66. The van der Waals surface area contributed by atoms with Crippen molar-refractivity contribution in [2.45, 2.75) is 31.6 Å². The van der Waals surface area contributed by atoms with Crippen molar-refractivity contribution in [2.24, 2.45) is 17.1 Å². The number of rotatable bonds is 8.